The fraction of sp³-hybridized carbons (Fsp3) is 0. The number of rotatable bonds is 3. The lowest BCUT2D eigenvalue weighted by molar-refractivity contribution is 1.39. The summed E-state index contributed by atoms with van der Waals surface area (Å²) in [4.78, 5) is 0. The molecule has 3 heteroatoms. The van der Waals surface area contributed by atoms with Crippen molar-refractivity contribution in [2.24, 2.45) is 0 Å². The van der Waals surface area contributed by atoms with E-state index in [1.807, 2.05) is 0 Å². The van der Waals surface area contributed by atoms with Crippen molar-refractivity contribution < 1.29 is 0 Å². The average Bonchev–Trinajstić information content (AvgIpc) is 3.09. The molecule has 0 unspecified atom stereocenters. The van der Waals surface area contributed by atoms with Crippen molar-refractivity contribution in [2.75, 3.05) is 0 Å². The van der Waals surface area contributed by atoms with E-state index in [1.165, 1.54) is 32.4 Å². The first kappa shape index (κ1) is 16.5. The first-order valence-electron chi connectivity index (χ1n) is 9.00. The van der Waals surface area contributed by atoms with Gasteiger partial charge in [-0.1, -0.05) is 109 Å². The molecule has 1 aromatic heterocycles. The highest BCUT2D eigenvalue weighted by Gasteiger charge is 2.28. The molecule has 0 bridgehead atoms. The van der Waals surface area contributed by atoms with Crippen LogP contribution in [0.3, 0.4) is 0 Å². The van der Waals surface area contributed by atoms with Crippen molar-refractivity contribution in [1.29, 1.82) is 0 Å². The molecule has 0 aliphatic carbocycles. The maximum absolute atomic E-state index is 6.58. The predicted octanol–water partition coefficient (Wildman–Crippen LogP) is 5.69. The van der Waals surface area contributed by atoms with Crippen molar-refractivity contribution in [2.45, 2.75) is 0 Å². The van der Waals surface area contributed by atoms with Gasteiger partial charge in [0.25, 0.3) is 0 Å². The minimum absolute atomic E-state index is 1.20. The summed E-state index contributed by atoms with van der Waals surface area (Å²) in [6.07, 6.45) is -2.27. The van der Waals surface area contributed by atoms with Gasteiger partial charge in [0.2, 0.25) is 0 Å². The molecule has 0 spiro atoms. The lowest BCUT2D eigenvalue weighted by atomic mass is 10.2. The monoisotopic (exact) mass is 383 g/mol. The second-order valence-corrected chi connectivity index (χ2v) is 10.8. The first-order chi connectivity index (χ1) is 13.3. The van der Waals surface area contributed by atoms with Crippen LogP contribution in [-0.4, -0.2) is 4.34 Å². The Morgan fingerprint density at radius 2 is 0.852 bits per heavy atom. The highest BCUT2D eigenvalue weighted by Crippen LogP contribution is 2.51. The van der Waals surface area contributed by atoms with Gasteiger partial charge in [-0.15, -0.1) is 0 Å². The third kappa shape index (κ3) is 2.49. The third-order valence-electron chi connectivity index (χ3n) is 5.05. The van der Waals surface area contributed by atoms with Crippen LogP contribution in [0.2, 0.25) is 0 Å². The van der Waals surface area contributed by atoms with Crippen LogP contribution in [0.5, 0.6) is 0 Å². The zero-order valence-electron chi connectivity index (χ0n) is 14.7. The lowest BCUT2D eigenvalue weighted by Crippen LogP contribution is -2.21. The molecule has 0 atom stereocenters. The van der Waals surface area contributed by atoms with Gasteiger partial charge in [0, 0.05) is 21.4 Å². The second kappa shape index (κ2) is 6.49. The number of benzene rings is 4. The lowest BCUT2D eigenvalue weighted by Gasteiger charge is -2.27. The van der Waals surface area contributed by atoms with Gasteiger partial charge >= 0.3 is 0 Å². The van der Waals surface area contributed by atoms with Gasteiger partial charge in [0.15, 0.2) is 0 Å². The molecule has 5 aromatic rings. The average molecular weight is 383 g/mol. The van der Waals surface area contributed by atoms with Crippen LogP contribution in [0.25, 0.3) is 21.8 Å². The number of fused-ring (bicyclic) bond motifs is 3. The molecular formula is C24H18NPS. The topological polar surface area (TPSA) is 4.93 Å². The van der Waals surface area contributed by atoms with Crippen molar-refractivity contribution in [3.05, 3.63) is 109 Å². The van der Waals surface area contributed by atoms with Crippen LogP contribution in [-0.2, 0) is 11.8 Å². The van der Waals surface area contributed by atoms with E-state index >= 15 is 0 Å². The molecule has 0 amide bonds. The van der Waals surface area contributed by atoms with E-state index in [0.29, 0.717) is 0 Å². The Morgan fingerprint density at radius 1 is 0.481 bits per heavy atom. The largest absolute Gasteiger partial charge is 0.304 e. The summed E-state index contributed by atoms with van der Waals surface area (Å²) in [6, 6.07) is 38.4. The van der Waals surface area contributed by atoms with Gasteiger partial charge in [0.05, 0.1) is 17.2 Å². The zero-order chi connectivity index (χ0) is 18.3. The van der Waals surface area contributed by atoms with E-state index in [1.54, 1.807) is 0 Å². The molecule has 0 N–H and O–H groups in total. The summed E-state index contributed by atoms with van der Waals surface area (Å²) in [5, 5.41) is 4.93. The Kier molecular flexibility index (Phi) is 3.97. The Labute approximate surface area is 164 Å². The van der Waals surface area contributed by atoms with Gasteiger partial charge in [-0.3, -0.25) is 0 Å². The minimum Gasteiger partial charge on any atom is -0.304 e. The summed E-state index contributed by atoms with van der Waals surface area (Å²) in [5.74, 6) is 0. The SMILES string of the molecule is S=P(c1ccccc1)(c1ccccc1)n1c2ccccc2c2ccccc21. The van der Waals surface area contributed by atoms with E-state index in [2.05, 4.69) is 114 Å². The number of hydrogen-bond acceptors (Lipinski definition) is 1. The molecule has 4 aromatic carbocycles. The Hall–Kier alpha value is -2.67. The molecular weight excluding hydrogens is 365 g/mol. The van der Waals surface area contributed by atoms with Crippen molar-refractivity contribution in [3.8, 4) is 0 Å². The molecule has 0 radical (unpaired) electrons. The predicted molar refractivity (Wildman–Crippen MR) is 121 cm³/mol. The molecule has 130 valence electrons. The number of para-hydroxylation sites is 2. The normalized spacial score (nSPS) is 11.9. The molecule has 5 rings (SSSR count). The summed E-state index contributed by atoms with van der Waals surface area (Å²) < 4.78 is 2.43. The Bertz CT molecular complexity index is 1190. The van der Waals surface area contributed by atoms with E-state index < -0.39 is 6.19 Å². The molecule has 1 nitrogen and oxygen atoms in total. The zero-order valence-corrected chi connectivity index (χ0v) is 16.4. The summed E-state index contributed by atoms with van der Waals surface area (Å²) >= 11 is 6.58. The number of aromatic nitrogens is 1. The van der Waals surface area contributed by atoms with Gasteiger partial charge in [-0.05, 0) is 12.1 Å². The standard InChI is InChI=1S/C24H18NPS/c27-26(19-11-3-1-4-12-19,20-13-5-2-6-14-20)25-23-17-9-7-15-21(23)22-16-8-10-18-24(22)25/h1-18H. The smallest absolute Gasteiger partial charge is 0.0973 e. The Morgan fingerprint density at radius 3 is 1.30 bits per heavy atom. The number of nitrogens with zero attached hydrogens (tertiary/aromatic N) is 1. The van der Waals surface area contributed by atoms with E-state index in [9.17, 15) is 0 Å². The highest BCUT2D eigenvalue weighted by molar-refractivity contribution is 8.21. The van der Waals surface area contributed by atoms with Gasteiger partial charge in [-0.25, -0.2) is 0 Å². The van der Waals surface area contributed by atoms with Gasteiger partial charge in [0.1, 0.15) is 0 Å². The molecule has 1 heterocycles. The number of hydrogen-bond donors (Lipinski definition) is 0. The third-order valence-corrected chi connectivity index (χ3v) is 9.79. The molecule has 0 aliphatic heterocycles. The van der Waals surface area contributed by atoms with Crippen molar-refractivity contribution >= 4 is 50.4 Å². The maximum Gasteiger partial charge on any atom is 0.0973 e. The summed E-state index contributed by atoms with van der Waals surface area (Å²) in [7, 11) is 0. The van der Waals surface area contributed by atoms with E-state index in [0.717, 1.165) is 0 Å². The quantitative estimate of drug-likeness (QED) is 0.363. The molecule has 0 aliphatic rings. The Balaban J connectivity index is 1.99. The van der Waals surface area contributed by atoms with Crippen molar-refractivity contribution in [1.82, 2.24) is 4.34 Å². The fourth-order valence-electron chi connectivity index (χ4n) is 3.85. The van der Waals surface area contributed by atoms with Gasteiger partial charge in [-0.2, -0.15) is 0 Å². The molecule has 0 saturated heterocycles. The molecule has 0 saturated carbocycles. The second-order valence-electron chi connectivity index (χ2n) is 6.59. The van der Waals surface area contributed by atoms with Crippen LogP contribution >= 0.6 is 6.19 Å². The van der Waals surface area contributed by atoms with E-state index in [4.69, 9.17) is 11.8 Å². The van der Waals surface area contributed by atoms with Gasteiger partial charge < -0.3 is 4.34 Å². The van der Waals surface area contributed by atoms with Crippen molar-refractivity contribution in [3.63, 3.8) is 0 Å². The van der Waals surface area contributed by atoms with E-state index in [-0.39, 0.29) is 0 Å². The van der Waals surface area contributed by atoms with Crippen LogP contribution < -0.4 is 10.6 Å². The summed E-state index contributed by atoms with van der Waals surface area (Å²) in [5.41, 5.74) is 2.41. The summed E-state index contributed by atoms with van der Waals surface area (Å²) in [6.45, 7) is 0. The minimum atomic E-state index is -2.27. The maximum atomic E-state index is 6.58. The molecule has 0 fully saturated rings. The van der Waals surface area contributed by atoms with Crippen LogP contribution in [0.1, 0.15) is 0 Å². The molecule has 27 heavy (non-hydrogen) atoms. The van der Waals surface area contributed by atoms with Crippen LogP contribution in [0.4, 0.5) is 0 Å². The first-order valence-corrected chi connectivity index (χ1v) is 11.8. The highest BCUT2D eigenvalue weighted by atomic mass is 32.4. The van der Waals surface area contributed by atoms with Crippen LogP contribution in [0, 0.1) is 0 Å². The fourth-order valence-corrected chi connectivity index (χ4v) is 7.97. The van der Waals surface area contributed by atoms with Crippen LogP contribution in [0.15, 0.2) is 109 Å².